The average molecular weight is 351 g/mol. The van der Waals surface area contributed by atoms with E-state index in [0.29, 0.717) is 24.8 Å². The van der Waals surface area contributed by atoms with Gasteiger partial charge in [0.2, 0.25) is 15.9 Å². The smallest absolute Gasteiger partial charge is 0.243 e. The van der Waals surface area contributed by atoms with Gasteiger partial charge in [0, 0.05) is 20.0 Å². The summed E-state index contributed by atoms with van der Waals surface area (Å²) in [6.45, 7) is 2.52. The largest absolute Gasteiger partial charge is 0.340 e. The molecule has 128 valence electrons. The summed E-state index contributed by atoms with van der Waals surface area (Å²) in [5, 5.41) is 4.07. The van der Waals surface area contributed by atoms with Gasteiger partial charge in [0.15, 0.2) is 5.82 Å². The predicted molar refractivity (Wildman–Crippen MR) is 83.2 cm³/mol. The third kappa shape index (κ3) is 2.28. The molecule has 1 saturated heterocycles. The molecule has 8 heteroatoms. The second-order valence-electron chi connectivity index (χ2n) is 6.63. The molecule has 2 aromatic rings. The highest BCUT2D eigenvalue weighted by Crippen LogP contribution is 2.50. The van der Waals surface area contributed by atoms with Crippen molar-refractivity contribution >= 4 is 10.0 Å². The lowest BCUT2D eigenvalue weighted by Crippen LogP contribution is -2.35. The third-order valence-corrected chi connectivity index (χ3v) is 7.09. The van der Waals surface area contributed by atoms with E-state index in [1.807, 2.05) is 0 Å². The van der Waals surface area contributed by atoms with Crippen molar-refractivity contribution < 1.29 is 17.3 Å². The highest BCUT2D eigenvalue weighted by atomic mass is 32.2. The van der Waals surface area contributed by atoms with Gasteiger partial charge in [0.05, 0.1) is 10.3 Å². The van der Waals surface area contributed by atoms with Crippen LogP contribution in [-0.4, -0.2) is 36.0 Å². The first kappa shape index (κ1) is 15.7. The Kier molecular flexibility index (Phi) is 3.50. The molecule has 2 atom stereocenters. The van der Waals surface area contributed by atoms with E-state index in [1.165, 1.54) is 28.6 Å². The van der Waals surface area contributed by atoms with Crippen LogP contribution in [0.25, 0.3) is 0 Å². The average Bonchev–Trinajstić information content (AvgIpc) is 3.21. The van der Waals surface area contributed by atoms with Crippen LogP contribution in [0.2, 0.25) is 0 Å². The van der Waals surface area contributed by atoms with Gasteiger partial charge >= 0.3 is 0 Å². The van der Waals surface area contributed by atoms with Crippen LogP contribution in [0.3, 0.4) is 0 Å². The molecule has 1 aliphatic carbocycles. The van der Waals surface area contributed by atoms with Gasteiger partial charge in [-0.15, -0.1) is 0 Å². The minimum Gasteiger partial charge on any atom is -0.340 e. The number of aryl methyl sites for hydroxylation is 1. The van der Waals surface area contributed by atoms with E-state index in [-0.39, 0.29) is 16.2 Å². The van der Waals surface area contributed by atoms with Crippen LogP contribution >= 0.6 is 0 Å². The molecule has 4 rings (SSSR count). The van der Waals surface area contributed by atoms with Gasteiger partial charge in [-0.2, -0.15) is 9.29 Å². The molecule has 1 aromatic carbocycles. The van der Waals surface area contributed by atoms with Gasteiger partial charge in [0.25, 0.3) is 0 Å². The molecular weight excluding hydrogens is 333 g/mol. The third-order valence-electron chi connectivity index (χ3n) is 5.26. The van der Waals surface area contributed by atoms with Crippen molar-refractivity contribution in [3.63, 3.8) is 0 Å². The van der Waals surface area contributed by atoms with Crippen LogP contribution in [0.1, 0.15) is 31.0 Å². The van der Waals surface area contributed by atoms with E-state index in [9.17, 15) is 12.8 Å². The maximum absolute atomic E-state index is 13.1. The molecule has 24 heavy (non-hydrogen) atoms. The summed E-state index contributed by atoms with van der Waals surface area (Å²) in [7, 11) is -3.66. The van der Waals surface area contributed by atoms with Gasteiger partial charge in [-0.3, -0.25) is 0 Å². The van der Waals surface area contributed by atoms with E-state index in [0.717, 1.165) is 19.3 Å². The van der Waals surface area contributed by atoms with Crippen LogP contribution in [0.5, 0.6) is 0 Å². The molecule has 0 amide bonds. The first-order valence-corrected chi connectivity index (χ1v) is 9.42. The summed E-state index contributed by atoms with van der Waals surface area (Å²) in [4.78, 5) is 4.49. The van der Waals surface area contributed by atoms with Crippen molar-refractivity contribution in [2.45, 2.75) is 36.5 Å². The van der Waals surface area contributed by atoms with Crippen LogP contribution in [0.4, 0.5) is 4.39 Å². The number of hydrogen-bond donors (Lipinski definition) is 0. The standard InChI is InChI=1S/C16H18FN3O3S/c1-11-18-15(19-23-11)16-8-2-3-12(16)9-20(10-16)24(21,22)14-6-4-13(17)5-7-14/h4-7,12H,2-3,8-10H2,1H3/t12-,16-/m1/s1. The van der Waals surface area contributed by atoms with E-state index < -0.39 is 15.8 Å². The highest BCUT2D eigenvalue weighted by molar-refractivity contribution is 7.89. The van der Waals surface area contributed by atoms with Crippen molar-refractivity contribution in [1.82, 2.24) is 14.4 Å². The van der Waals surface area contributed by atoms with Crippen LogP contribution in [0.15, 0.2) is 33.7 Å². The minimum atomic E-state index is -3.66. The van der Waals surface area contributed by atoms with E-state index in [4.69, 9.17) is 4.52 Å². The zero-order valence-electron chi connectivity index (χ0n) is 13.3. The molecule has 0 N–H and O–H groups in total. The zero-order chi connectivity index (χ0) is 16.9. The zero-order valence-corrected chi connectivity index (χ0v) is 14.1. The lowest BCUT2D eigenvalue weighted by atomic mass is 9.80. The van der Waals surface area contributed by atoms with Gasteiger partial charge in [0.1, 0.15) is 5.82 Å². The molecule has 0 bridgehead atoms. The topological polar surface area (TPSA) is 76.3 Å². The van der Waals surface area contributed by atoms with Crippen molar-refractivity contribution in [3.05, 3.63) is 41.8 Å². The summed E-state index contributed by atoms with van der Waals surface area (Å²) < 4.78 is 45.5. The molecule has 2 heterocycles. The highest BCUT2D eigenvalue weighted by Gasteiger charge is 2.55. The number of nitrogens with zero attached hydrogens (tertiary/aromatic N) is 3. The van der Waals surface area contributed by atoms with E-state index in [2.05, 4.69) is 10.1 Å². The summed E-state index contributed by atoms with van der Waals surface area (Å²) in [5.41, 5.74) is -0.370. The molecule has 0 radical (unpaired) electrons. The van der Waals surface area contributed by atoms with Crippen LogP contribution in [0, 0.1) is 18.7 Å². The molecule has 6 nitrogen and oxygen atoms in total. The molecular formula is C16H18FN3O3S. The molecule has 0 unspecified atom stereocenters. The predicted octanol–water partition coefficient (Wildman–Crippen LogP) is 2.26. The Morgan fingerprint density at radius 2 is 2.08 bits per heavy atom. The number of sulfonamides is 1. The monoisotopic (exact) mass is 351 g/mol. The lowest BCUT2D eigenvalue weighted by Gasteiger charge is -2.24. The second kappa shape index (κ2) is 5.35. The van der Waals surface area contributed by atoms with Crippen LogP contribution < -0.4 is 0 Å². The number of benzene rings is 1. The van der Waals surface area contributed by atoms with E-state index in [1.54, 1.807) is 6.92 Å². The lowest BCUT2D eigenvalue weighted by molar-refractivity contribution is 0.332. The Labute approximate surface area is 139 Å². The maximum Gasteiger partial charge on any atom is 0.243 e. The second-order valence-corrected chi connectivity index (χ2v) is 8.57. The molecule has 0 spiro atoms. The number of aromatic nitrogens is 2. The first-order chi connectivity index (χ1) is 11.4. The van der Waals surface area contributed by atoms with Gasteiger partial charge in [-0.1, -0.05) is 11.6 Å². The summed E-state index contributed by atoms with van der Waals surface area (Å²) in [6.07, 6.45) is 2.83. The Bertz CT molecular complexity index is 865. The van der Waals surface area contributed by atoms with Crippen molar-refractivity contribution in [2.75, 3.05) is 13.1 Å². The molecule has 1 aliphatic heterocycles. The molecule has 1 aromatic heterocycles. The SMILES string of the molecule is Cc1nc([C@@]23CCC[C@@H]2CN(S(=O)(=O)c2ccc(F)cc2)C3)no1. The number of rotatable bonds is 3. The quantitative estimate of drug-likeness (QED) is 0.848. The Morgan fingerprint density at radius 1 is 1.33 bits per heavy atom. The van der Waals surface area contributed by atoms with Crippen molar-refractivity contribution in [2.24, 2.45) is 5.92 Å². The van der Waals surface area contributed by atoms with Gasteiger partial charge in [-0.05, 0) is 43.0 Å². The normalized spacial score (nSPS) is 27.5. The molecule has 2 fully saturated rings. The Hall–Kier alpha value is -1.80. The molecule has 1 saturated carbocycles. The number of halogens is 1. The Morgan fingerprint density at radius 3 is 2.75 bits per heavy atom. The summed E-state index contributed by atoms with van der Waals surface area (Å²) in [6, 6.07) is 4.96. The van der Waals surface area contributed by atoms with Gasteiger partial charge < -0.3 is 4.52 Å². The van der Waals surface area contributed by atoms with Gasteiger partial charge in [-0.25, -0.2) is 12.8 Å². The number of fused-ring (bicyclic) bond motifs is 1. The Balaban J connectivity index is 1.69. The van der Waals surface area contributed by atoms with Crippen molar-refractivity contribution in [3.8, 4) is 0 Å². The summed E-state index contributed by atoms with van der Waals surface area (Å²) >= 11 is 0. The fourth-order valence-electron chi connectivity index (χ4n) is 4.05. The maximum atomic E-state index is 13.1. The van der Waals surface area contributed by atoms with Crippen LogP contribution in [-0.2, 0) is 15.4 Å². The molecule has 2 aliphatic rings. The van der Waals surface area contributed by atoms with Crippen molar-refractivity contribution in [1.29, 1.82) is 0 Å². The fourth-order valence-corrected chi connectivity index (χ4v) is 5.60. The fraction of sp³-hybridized carbons (Fsp3) is 0.500. The minimum absolute atomic E-state index is 0.114. The number of hydrogen-bond acceptors (Lipinski definition) is 5. The van der Waals surface area contributed by atoms with E-state index >= 15 is 0 Å². The first-order valence-electron chi connectivity index (χ1n) is 7.98. The summed E-state index contributed by atoms with van der Waals surface area (Å²) in [5.74, 6) is 0.833.